The van der Waals surface area contributed by atoms with Crippen molar-refractivity contribution in [2.75, 3.05) is 18.9 Å². The quantitative estimate of drug-likeness (QED) is 0.357. The van der Waals surface area contributed by atoms with Gasteiger partial charge >= 0.3 is 12.1 Å². The fourth-order valence-corrected chi connectivity index (χ4v) is 2.64. The minimum absolute atomic E-state index is 0.0796. The van der Waals surface area contributed by atoms with E-state index in [1.165, 1.54) is 10.9 Å². The zero-order valence-electron chi connectivity index (χ0n) is 14.5. The third-order valence-corrected chi connectivity index (χ3v) is 4.03. The van der Waals surface area contributed by atoms with Gasteiger partial charge in [0.1, 0.15) is 23.8 Å². The summed E-state index contributed by atoms with van der Waals surface area (Å²) in [6, 6.07) is 0. The van der Waals surface area contributed by atoms with E-state index in [9.17, 15) is 33.3 Å². The van der Waals surface area contributed by atoms with Gasteiger partial charge in [0, 0.05) is 0 Å². The van der Waals surface area contributed by atoms with E-state index < -0.39 is 49.8 Å². The maximum Gasteiger partial charge on any atom is 0.471 e. The van der Waals surface area contributed by atoms with Crippen LogP contribution in [-0.4, -0.2) is 78.4 Å². The Morgan fingerprint density at radius 3 is 2.69 bits per heavy atom. The molecule has 4 atom stereocenters. The lowest BCUT2D eigenvalue weighted by atomic mass is 10.1. The minimum Gasteiger partial charge on any atom is -0.394 e. The van der Waals surface area contributed by atoms with Crippen molar-refractivity contribution in [2.45, 2.75) is 30.7 Å². The zero-order chi connectivity index (χ0) is 21.3. The summed E-state index contributed by atoms with van der Waals surface area (Å²) in [5.41, 5.74) is 6.01. The molecule has 0 spiro atoms. The number of rotatable bonds is 3. The first kappa shape index (κ1) is 20.7. The predicted molar refractivity (Wildman–Crippen MR) is 88.7 cm³/mol. The highest BCUT2D eigenvalue weighted by Gasteiger charge is 2.44. The summed E-state index contributed by atoms with van der Waals surface area (Å²) in [6.07, 6.45) is -8.69. The number of halogens is 3. The Kier molecular flexibility index (Phi) is 5.57. The summed E-state index contributed by atoms with van der Waals surface area (Å²) >= 11 is 0. The number of nitrogens with two attached hydrogens (primary N) is 1. The van der Waals surface area contributed by atoms with Gasteiger partial charge < -0.3 is 31.1 Å². The van der Waals surface area contributed by atoms with Gasteiger partial charge in [-0.3, -0.25) is 9.36 Å². The first-order chi connectivity index (χ1) is 13.6. The number of carbonyl (C=O) groups excluding carboxylic acids is 1. The molecule has 3 heterocycles. The van der Waals surface area contributed by atoms with Gasteiger partial charge in [0.15, 0.2) is 17.7 Å². The molecule has 156 valence electrons. The lowest BCUT2D eigenvalue weighted by Gasteiger charge is -2.16. The van der Waals surface area contributed by atoms with Crippen molar-refractivity contribution >= 4 is 22.9 Å². The molecule has 0 aromatic carbocycles. The molecule has 2 aromatic rings. The largest absolute Gasteiger partial charge is 0.471 e. The number of ether oxygens (including phenoxy) is 1. The van der Waals surface area contributed by atoms with Gasteiger partial charge in [-0.1, -0.05) is 5.92 Å². The smallest absolute Gasteiger partial charge is 0.394 e. The number of amides is 1. The lowest BCUT2D eigenvalue weighted by Crippen LogP contribution is -2.36. The Balaban J connectivity index is 1.85. The van der Waals surface area contributed by atoms with Crippen molar-refractivity contribution in [1.29, 1.82) is 0 Å². The van der Waals surface area contributed by atoms with Crippen molar-refractivity contribution < 1.29 is 38.0 Å². The predicted octanol–water partition coefficient (Wildman–Crippen LogP) is -1.95. The molecular weight excluding hydrogens is 401 g/mol. The number of fused-ring (bicyclic) bond motifs is 1. The molecule has 14 heteroatoms. The highest BCUT2D eigenvalue weighted by Crippen LogP contribution is 2.31. The van der Waals surface area contributed by atoms with E-state index in [2.05, 4.69) is 26.8 Å². The maximum atomic E-state index is 12.1. The molecule has 29 heavy (non-hydrogen) atoms. The summed E-state index contributed by atoms with van der Waals surface area (Å²) in [7, 11) is 0. The minimum atomic E-state index is -5.02. The number of aliphatic hydroxyl groups excluding tert-OH is 3. The van der Waals surface area contributed by atoms with Crippen LogP contribution in [0.25, 0.3) is 11.2 Å². The van der Waals surface area contributed by atoms with Crippen LogP contribution < -0.4 is 11.1 Å². The highest BCUT2D eigenvalue weighted by molar-refractivity contribution is 5.82. The Bertz CT molecular complexity index is 984. The molecule has 0 radical (unpaired) electrons. The molecule has 2 unspecified atom stereocenters. The number of carbonyl (C=O) groups is 1. The number of aliphatic hydroxyl groups is 3. The molecule has 1 saturated heterocycles. The average molecular weight is 416 g/mol. The molecule has 2 aromatic heterocycles. The van der Waals surface area contributed by atoms with Crippen molar-refractivity contribution in [3.05, 3.63) is 12.2 Å². The number of aromatic nitrogens is 4. The highest BCUT2D eigenvalue weighted by atomic mass is 19.4. The molecule has 6 N–H and O–H groups in total. The first-order valence-corrected chi connectivity index (χ1v) is 8.10. The number of nitrogens with one attached hydrogen (secondary N) is 1. The van der Waals surface area contributed by atoms with Gasteiger partial charge in [0.2, 0.25) is 5.82 Å². The van der Waals surface area contributed by atoms with Crippen LogP contribution in [0.15, 0.2) is 6.33 Å². The summed E-state index contributed by atoms with van der Waals surface area (Å²) in [4.78, 5) is 22.7. The van der Waals surface area contributed by atoms with E-state index in [0.717, 1.165) is 0 Å². The Morgan fingerprint density at radius 2 is 2.07 bits per heavy atom. The SMILES string of the molecule is Nc1nc(C#CCNC(=O)C(F)(F)F)nc2c1ncn2[C@@H]1O[C@H](CO)C(O)C1O. The number of hydrogen-bond acceptors (Lipinski definition) is 9. The molecule has 11 nitrogen and oxygen atoms in total. The van der Waals surface area contributed by atoms with Crippen molar-refractivity contribution in [1.82, 2.24) is 24.8 Å². The van der Waals surface area contributed by atoms with Crippen LogP contribution in [-0.2, 0) is 9.53 Å². The van der Waals surface area contributed by atoms with Crippen molar-refractivity contribution in [3.8, 4) is 11.8 Å². The second kappa shape index (κ2) is 7.79. The van der Waals surface area contributed by atoms with E-state index in [-0.39, 0.29) is 22.8 Å². The van der Waals surface area contributed by atoms with Crippen LogP contribution in [0.5, 0.6) is 0 Å². The summed E-state index contributed by atoms with van der Waals surface area (Å²) in [6.45, 7) is -1.13. The third-order valence-electron chi connectivity index (χ3n) is 4.03. The normalized spacial score (nSPS) is 24.3. The monoisotopic (exact) mass is 416 g/mol. The van der Waals surface area contributed by atoms with Crippen LogP contribution in [0.4, 0.5) is 19.0 Å². The Morgan fingerprint density at radius 1 is 1.34 bits per heavy atom. The standard InChI is InChI=1S/C15H15F3N6O5/c16-15(17,18)14(28)20-3-1-2-7-22-11(19)8-12(23-7)24(5-21-8)13-10(27)9(26)6(4-25)29-13/h5-6,9-10,13,25-27H,3-4H2,(H,20,28)(H2,19,22,23)/t6-,9?,10?,13-/m1/s1. The average Bonchev–Trinajstić information content (AvgIpc) is 3.20. The third kappa shape index (κ3) is 4.07. The fourth-order valence-electron chi connectivity index (χ4n) is 2.64. The van der Waals surface area contributed by atoms with Gasteiger partial charge in [-0.25, -0.2) is 15.0 Å². The number of nitrogens with zero attached hydrogens (tertiary/aromatic N) is 4. The van der Waals surface area contributed by atoms with E-state index >= 15 is 0 Å². The zero-order valence-corrected chi connectivity index (χ0v) is 14.5. The van der Waals surface area contributed by atoms with E-state index in [4.69, 9.17) is 10.5 Å². The lowest BCUT2D eigenvalue weighted by molar-refractivity contribution is -0.173. The molecule has 1 aliphatic rings. The molecule has 0 bridgehead atoms. The summed E-state index contributed by atoms with van der Waals surface area (Å²) < 4.78 is 43.0. The molecule has 0 aliphatic carbocycles. The van der Waals surface area contributed by atoms with Gasteiger partial charge in [-0.15, -0.1) is 0 Å². The summed E-state index contributed by atoms with van der Waals surface area (Å²) in [5.74, 6) is 2.22. The molecular formula is C15H15F3N6O5. The van der Waals surface area contributed by atoms with Crippen LogP contribution in [0.3, 0.4) is 0 Å². The number of alkyl halides is 3. The van der Waals surface area contributed by atoms with Gasteiger partial charge in [0.25, 0.3) is 0 Å². The maximum absolute atomic E-state index is 12.1. The van der Waals surface area contributed by atoms with E-state index in [0.29, 0.717) is 0 Å². The van der Waals surface area contributed by atoms with Crippen molar-refractivity contribution in [2.24, 2.45) is 0 Å². The molecule has 1 fully saturated rings. The Hall–Kier alpha value is -2.99. The molecule has 1 amide bonds. The molecule has 1 aliphatic heterocycles. The van der Waals surface area contributed by atoms with E-state index in [1.807, 2.05) is 0 Å². The molecule has 3 rings (SSSR count). The fraction of sp³-hybridized carbons (Fsp3) is 0.467. The van der Waals surface area contributed by atoms with Crippen LogP contribution >= 0.6 is 0 Å². The van der Waals surface area contributed by atoms with E-state index in [1.54, 1.807) is 5.32 Å². The summed E-state index contributed by atoms with van der Waals surface area (Å²) in [5, 5.41) is 30.8. The number of anilines is 1. The van der Waals surface area contributed by atoms with Crippen molar-refractivity contribution in [3.63, 3.8) is 0 Å². The number of imidazole rings is 1. The second-order valence-corrected chi connectivity index (χ2v) is 5.97. The molecule has 0 saturated carbocycles. The van der Waals surface area contributed by atoms with Crippen LogP contribution in [0.2, 0.25) is 0 Å². The van der Waals surface area contributed by atoms with Gasteiger partial charge in [-0.2, -0.15) is 13.2 Å². The second-order valence-electron chi connectivity index (χ2n) is 5.97. The van der Waals surface area contributed by atoms with Gasteiger partial charge in [0.05, 0.1) is 19.5 Å². The topological polar surface area (TPSA) is 169 Å². The first-order valence-electron chi connectivity index (χ1n) is 8.10. The number of hydrogen-bond donors (Lipinski definition) is 5. The van der Waals surface area contributed by atoms with Crippen LogP contribution in [0.1, 0.15) is 12.1 Å². The number of nitrogen functional groups attached to an aromatic ring is 1. The van der Waals surface area contributed by atoms with Crippen LogP contribution in [0, 0.1) is 11.8 Å². The Labute approximate surface area is 160 Å². The van der Waals surface area contributed by atoms with Gasteiger partial charge in [-0.05, 0) is 5.92 Å².